The number of esters is 1. The second-order valence-electron chi connectivity index (χ2n) is 4.37. The molecule has 1 rings (SSSR count). The quantitative estimate of drug-likeness (QED) is 0.646. The van der Waals surface area contributed by atoms with Gasteiger partial charge >= 0.3 is 5.97 Å². The van der Waals surface area contributed by atoms with Gasteiger partial charge in [0.25, 0.3) is 0 Å². The Balaban J connectivity index is 2.87. The average molecular weight is 317 g/mol. The maximum Gasteiger partial charge on any atom is 0.319 e. The fourth-order valence-electron chi connectivity index (χ4n) is 1.46. The van der Waals surface area contributed by atoms with Crippen molar-refractivity contribution in [3.05, 3.63) is 23.8 Å². The number of thioether (sulfide) groups is 1. The molecule has 4 nitrogen and oxygen atoms in total. The molecule has 1 N–H and O–H groups in total. The lowest BCUT2D eigenvalue weighted by Crippen LogP contribution is -2.17. The van der Waals surface area contributed by atoms with E-state index in [2.05, 4.69) is 5.32 Å². The van der Waals surface area contributed by atoms with Crippen LogP contribution in [0.1, 0.15) is 27.2 Å². The van der Waals surface area contributed by atoms with Crippen LogP contribution in [0.3, 0.4) is 0 Å². The maximum atomic E-state index is 13.7. The number of nitrogens with one attached hydrogen (secondary N) is 1. The second kappa shape index (κ2) is 7.97. The first-order valence-electron chi connectivity index (χ1n) is 6.45. The Kier molecular flexibility index (Phi) is 6.61. The summed E-state index contributed by atoms with van der Waals surface area (Å²) in [6, 6.07) is 1.85. The van der Waals surface area contributed by atoms with Gasteiger partial charge in [0, 0.05) is 17.9 Å². The van der Waals surface area contributed by atoms with E-state index in [0.717, 1.165) is 11.8 Å². The number of rotatable bonds is 6. The molecule has 0 fully saturated rings. The minimum atomic E-state index is -0.867. The molecule has 0 spiro atoms. The van der Waals surface area contributed by atoms with Crippen LogP contribution >= 0.6 is 11.8 Å². The first kappa shape index (κ1) is 17.4. The van der Waals surface area contributed by atoms with Crippen LogP contribution in [0.5, 0.6) is 0 Å². The molecule has 116 valence electrons. The number of amides is 1. The second-order valence-corrected chi connectivity index (χ2v) is 5.75. The zero-order chi connectivity index (χ0) is 16.0. The fraction of sp³-hybridized carbons (Fsp3) is 0.429. The standard InChI is InChI=1S/C14H17F2NO3S/c1-4-5-20-14(19)8(2)21-13-7-12(17-9(3)18)10(15)6-11(13)16/h6-8H,4-5H2,1-3H3,(H,17,18). The van der Waals surface area contributed by atoms with Crippen LogP contribution < -0.4 is 5.32 Å². The summed E-state index contributed by atoms with van der Waals surface area (Å²) in [5.41, 5.74) is -0.125. The van der Waals surface area contributed by atoms with Gasteiger partial charge in [-0.3, -0.25) is 9.59 Å². The van der Waals surface area contributed by atoms with E-state index in [1.807, 2.05) is 6.92 Å². The number of ether oxygens (including phenoxy) is 1. The molecule has 0 aliphatic carbocycles. The van der Waals surface area contributed by atoms with Crippen molar-refractivity contribution in [2.45, 2.75) is 37.3 Å². The number of halogens is 2. The molecule has 1 aromatic rings. The lowest BCUT2D eigenvalue weighted by Gasteiger charge is -2.13. The van der Waals surface area contributed by atoms with Gasteiger partial charge in [0.05, 0.1) is 12.3 Å². The molecule has 1 amide bonds. The number of hydrogen-bond acceptors (Lipinski definition) is 4. The third-order valence-corrected chi connectivity index (χ3v) is 3.53. The highest BCUT2D eigenvalue weighted by molar-refractivity contribution is 8.00. The predicted molar refractivity (Wildman–Crippen MR) is 77.2 cm³/mol. The van der Waals surface area contributed by atoms with E-state index < -0.39 is 28.8 Å². The first-order chi connectivity index (χ1) is 9.85. The maximum absolute atomic E-state index is 13.7. The number of benzene rings is 1. The summed E-state index contributed by atoms with van der Waals surface area (Å²) < 4.78 is 32.2. The summed E-state index contributed by atoms with van der Waals surface area (Å²) in [6.45, 7) is 4.96. The summed E-state index contributed by atoms with van der Waals surface area (Å²) in [5.74, 6) is -2.59. The summed E-state index contributed by atoms with van der Waals surface area (Å²) in [5, 5.41) is 1.63. The van der Waals surface area contributed by atoms with E-state index in [4.69, 9.17) is 4.74 Å². The summed E-state index contributed by atoms with van der Waals surface area (Å²) in [7, 11) is 0. The Bertz CT molecular complexity index is 537. The molecule has 0 aliphatic rings. The fourth-order valence-corrected chi connectivity index (χ4v) is 2.37. The van der Waals surface area contributed by atoms with Gasteiger partial charge in [0.15, 0.2) is 0 Å². The van der Waals surface area contributed by atoms with Crippen molar-refractivity contribution in [3.63, 3.8) is 0 Å². The third-order valence-electron chi connectivity index (χ3n) is 2.42. The number of carbonyl (C=O) groups is 2. The van der Waals surface area contributed by atoms with Crippen molar-refractivity contribution >= 4 is 29.3 Å². The van der Waals surface area contributed by atoms with Gasteiger partial charge in [0.2, 0.25) is 5.91 Å². The van der Waals surface area contributed by atoms with Crippen molar-refractivity contribution in [1.82, 2.24) is 0 Å². The summed E-state index contributed by atoms with van der Waals surface area (Å²) in [4.78, 5) is 22.7. The lowest BCUT2D eigenvalue weighted by atomic mass is 10.3. The molecule has 0 aromatic heterocycles. The van der Waals surface area contributed by atoms with Gasteiger partial charge in [-0.25, -0.2) is 8.78 Å². The number of anilines is 1. The van der Waals surface area contributed by atoms with E-state index in [0.29, 0.717) is 19.1 Å². The average Bonchev–Trinajstić information content (AvgIpc) is 2.40. The molecule has 0 heterocycles. The van der Waals surface area contributed by atoms with Gasteiger partial charge in [-0.1, -0.05) is 6.92 Å². The highest BCUT2D eigenvalue weighted by Gasteiger charge is 2.19. The van der Waals surface area contributed by atoms with Crippen molar-refractivity contribution < 1.29 is 23.1 Å². The van der Waals surface area contributed by atoms with Crippen molar-refractivity contribution in [3.8, 4) is 0 Å². The van der Waals surface area contributed by atoms with Crippen LogP contribution in [0, 0.1) is 11.6 Å². The van der Waals surface area contributed by atoms with E-state index >= 15 is 0 Å². The number of carbonyl (C=O) groups excluding carboxylic acids is 2. The van der Waals surface area contributed by atoms with Gasteiger partial charge in [-0.2, -0.15) is 0 Å². The SMILES string of the molecule is CCCOC(=O)C(C)Sc1cc(NC(C)=O)c(F)cc1F. The number of hydrogen-bond donors (Lipinski definition) is 1. The molecule has 1 aromatic carbocycles. The van der Waals surface area contributed by atoms with Crippen molar-refractivity contribution in [2.24, 2.45) is 0 Å². The van der Waals surface area contributed by atoms with Crippen LogP contribution in [0.15, 0.2) is 17.0 Å². The largest absolute Gasteiger partial charge is 0.465 e. The normalized spacial score (nSPS) is 11.9. The Morgan fingerprint density at radius 1 is 1.33 bits per heavy atom. The predicted octanol–water partition coefficient (Wildman–Crippen LogP) is 3.36. The van der Waals surface area contributed by atoms with Crippen LogP contribution in [-0.4, -0.2) is 23.7 Å². The van der Waals surface area contributed by atoms with Crippen LogP contribution in [0.25, 0.3) is 0 Å². The highest BCUT2D eigenvalue weighted by atomic mass is 32.2. The van der Waals surface area contributed by atoms with E-state index in [1.54, 1.807) is 6.92 Å². The molecule has 0 aliphatic heterocycles. The molecule has 1 unspecified atom stereocenters. The smallest absolute Gasteiger partial charge is 0.319 e. The minimum Gasteiger partial charge on any atom is -0.465 e. The zero-order valence-corrected chi connectivity index (χ0v) is 12.9. The molecule has 0 radical (unpaired) electrons. The van der Waals surface area contributed by atoms with Crippen molar-refractivity contribution in [2.75, 3.05) is 11.9 Å². The molecule has 21 heavy (non-hydrogen) atoms. The Hall–Kier alpha value is -1.63. The highest BCUT2D eigenvalue weighted by Crippen LogP contribution is 2.31. The van der Waals surface area contributed by atoms with E-state index in [-0.39, 0.29) is 10.6 Å². The Morgan fingerprint density at radius 2 is 2.00 bits per heavy atom. The molecular weight excluding hydrogens is 300 g/mol. The van der Waals surface area contributed by atoms with Gasteiger partial charge in [-0.05, 0) is 19.4 Å². The molecule has 0 saturated carbocycles. The van der Waals surface area contributed by atoms with E-state index in [1.165, 1.54) is 13.0 Å². The van der Waals surface area contributed by atoms with Gasteiger partial charge < -0.3 is 10.1 Å². The summed E-state index contributed by atoms with van der Waals surface area (Å²) >= 11 is 0.911. The molecule has 7 heteroatoms. The molecule has 0 bridgehead atoms. The van der Waals surface area contributed by atoms with Crippen LogP contribution in [-0.2, 0) is 14.3 Å². The zero-order valence-electron chi connectivity index (χ0n) is 12.0. The molecule has 0 saturated heterocycles. The monoisotopic (exact) mass is 317 g/mol. The topological polar surface area (TPSA) is 55.4 Å². The first-order valence-corrected chi connectivity index (χ1v) is 7.33. The minimum absolute atomic E-state index is 0.0705. The summed E-state index contributed by atoms with van der Waals surface area (Å²) in [6.07, 6.45) is 0.695. The van der Waals surface area contributed by atoms with Gasteiger partial charge in [0.1, 0.15) is 16.9 Å². The lowest BCUT2D eigenvalue weighted by molar-refractivity contribution is -0.142. The molecular formula is C14H17F2NO3S. The molecule has 1 atom stereocenters. The van der Waals surface area contributed by atoms with Gasteiger partial charge in [-0.15, -0.1) is 11.8 Å². The van der Waals surface area contributed by atoms with Crippen molar-refractivity contribution in [1.29, 1.82) is 0 Å². The van der Waals surface area contributed by atoms with Crippen LogP contribution in [0.4, 0.5) is 14.5 Å². The Labute approximate surface area is 126 Å². The van der Waals surface area contributed by atoms with Crippen LogP contribution in [0.2, 0.25) is 0 Å². The third kappa shape index (κ3) is 5.34. The Morgan fingerprint density at radius 3 is 2.57 bits per heavy atom. The van der Waals surface area contributed by atoms with E-state index in [9.17, 15) is 18.4 Å².